The van der Waals surface area contributed by atoms with Crippen LogP contribution in [-0.4, -0.2) is 85.1 Å². The molecular formula is C21H37ClN2O6. The van der Waals surface area contributed by atoms with Crippen LogP contribution < -0.4 is 23.0 Å². The molecule has 8 nitrogen and oxygen atoms in total. The maximum absolute atomic E-state index is 11.8. The molecule has 0 fully saturated rings. The molecule has 0 bridgehead atoms. The molecule has 0 saturated carbocycles. The Labute approximate surface area is 186 Å². The summed E-state index contributed by atoms with van der Waals surface area (Å²) in [5.74, 6) is -0.389. The molecule has 0 amide bonds. The van der Waals surface area contributed by atoms with Gasteiger partial charge in [-0.05, 0) is 38.1 Å². The standard InChI is InChI=1S/C21H36N2O6.ClH/c1-3-23(4-2)9-10-25-11-12-26-13-14-27-15-16-28-17-18-29-21(24)19-5-7-20(22)8-6-19;/h5-8H,3-4,9-18,22H2,1-2H3;1H. The molecule has 0 aromatic heterocycles. The van der Waals surface area contributed by atoms with E-state index in [1.807, 2.05) is 0 Å². The van der Waals surface area contributed by atoms with Gasteiger partial charge in [0.25, 0.3) is 0 Å². The van der Waals surface area contributed by atoms with Gasteiger partial charge in [-0.2, -0.15) is 0 Å². The van der Waals surface area contributed by atoms with Gasteiger partial charge in [0.15, 0.2) is 0 Å². The Morgan fingerprint density at radius 1 is 0.767 bits per heavy atom. The molecule has 0 saturated heterocycles. The van der Waals surface area contributed by atoms with Crippen LogP contribution in [0.4, 0.5) is 5.69 Å². The number of hydrogen-bond donors (Lipinski definition) is 2. The van der Waals surface area contributed by atoms with Crippen LogP contribution in [0.2, 0.25) is 0 Å². The third-order valence-corrected chi connectivity index (χ3v) is 4.32. The molecule has 1 aromatic rings. The lowest BCUT2D eigenvalue weighted by Crippen LogP contribution is -3.11. The number of anilines is 1. The first kappa shape index (κ1) is 28.6. The highest BCUT2D eigenvalue weighted by atomic mass is 35.5. The van der Waals surface area contributed by atoms with Crippen LogP contribution in [0.25, 0.3) is 0 Å². The van der Waals surface area contributed by atoms with Crippen LogP contribution in [0, 0.1) is 0 Å². The van der Waals surface area contributed by atoms with E-state index in [1.165, 1.54) is 0 Å². The second-order valence-corrected chi connectivity index (χ2v) is 6.41. The van der Waals surface area contributed by atoms with Crippen molar-refractivity contribution < 1.29 is 45.8 Å². The van der Waals surface area contributed by atoms with E-state index in [4.69, 9.17) is 29.4 Å². The molecule has 0 aliphatic heterocycles. The lowest BCUT2D eigenvalue weighted by Gasteiger charge is -2.15. The van der Waals surface area contributed by atoms with Gasteiger partial charge in [-0.1, -0.05) is 0 Å². The van der Waals surface area contributed by atoms with Crippen LogP contribution in [0.3, 0.4) is 0 Å². The number of carbonyl (C=O) groups excluding carboxylic acids is 1. The zero-order valence-electron chi connectivity index (χ0n) is 18.2. The number of nitrogen functional groups attached to an aromatic ring is 1. The predicted octanol–water partition coefficient (Wildman–Crippen LogP) is -2.58. The van der Waals surface area contributed by atoms with Crippen molar-refractivity contribution >= 4 is 11.7 Å². The zero-order valence-corrected chi connectivity index (χ0v) is 19.0. The van der Waals surface area contributed by atoms with Gasteiger partial charge in [0.2, 0.25) is 0 Å². The fourth-order valence-corrected chi connectivity index (χ4v) is 2.48. The number of quaternary nitrogens is 1. The highest BCUT2D eigenvalue weighted by molar-refractivity contribution is 5.89. The van der Waals surface area contributed by atoms with E-state index in [-0.39, 0.29) is 25.0 Å². The van der Waals surface area contributed by atoms with Gasteiger partial charge in [-0.3, -0.25) is 0 Å². The van der Waals surface area contributed by atoms with Crippen LogP contribution in [0.15, 0.2) is 24.3 Å². The molecule has 0 aliphatic rings. The second kappa shape index (κ2) is 19.5. The van der Waals surface area contributed by atoms with E-state index < -0.39 is 0 Å². The molecule has 0 unspecified atom stereocenters. The van der Waals surface area contributed by atoms with Crippen molar-refractivity contribution in [3.63, 3.8) is 0 Å². The van der Waals surface area contributed by atoms with Crippen molar-refractivity contribution in [3.8, 4) is 0 Å². The molecule has 30 heavy (non-hydrogen) atoms. The summed E-state index contributed by atoms with van der Waals surface area (Å²) >= 11 is 0. The molecule has 9 heteroatoms. The molecule has 174 valence electrons. The monoisotopic (exact) mass is 448 g/mol. The maximum Gasteiger partial charge on any atom is 0.338 e. The Balaban J connectivity index is 0.00000841. The van der Waals surface area contributed by atoms with Crippen molar-refractivity contribution in [1.29, 1.82) is 0 Å². The Hall–Kier alpha value is -1.42. The summed E-state index contributed by atoms with van der Waals surface area (Å²) in [5, 5.41) is 0. The second-order valence-electron chi connectivity index (χ2n) is 6.41. The van der Waals surface area contributed by atoms with E-state index in [2.05, 4.69) is 13.8 Å². The number of nitrogens with two attached hydrogens (primary N) is 1. The van der Waals surface area contributed by atoms with E-state index >= 15 is 0 Å². The molecular weight excluding hydrogens is 412 g/mol. The summed E-state index contributed by atoms with van der Waals surface area (Å²) in [5.41, 5.74) is 6.65. The fourth-order valence-electron chi connectivity index (χ4n) is 2.48. The number of benzene rings is 1. The molecule has 0 atom stereocenters. The van der Waals surface area contributed by atoms with Gasteiger partial charge in [-0.15, -0.1) is 0 Å². The van der Waals surface area contributed by atoms with Gasteiger partial charge in [0.1, 0.15) is 13.2 Å². The zero-order chi connectivity index (χ0) is 21.2. The molecule has 0 heterocycles. The number of rotatable bonds is 18. The topological polar surface area (TPSA) is 93.7 Å². The Bertz CT molecular complexity index is 529. The Morgan fingerprint density at radius 2 is 1.20 bits per heavy atom. The molecule has 3 N–H and O–H groups in total. The number of esters is 1. The van der Waals surface area contributed by atoms with E-state index in [0.717, 1.165) is 26.2 Å². The SMILES string of the molecule is CC[NH+](CC)CCOCCOCCOCCOCCOC(=O)c1ccc(N)cc1.[Cl-]. The van der Waals surface area contributed by atoms with Crippen molar-refractivity contribution in [3.05, 3.63) is 29.8 Å². The van der Waals surface area contributed by atoms with Gasteiger partial charge in [0.05, 0.1) is 71.5 Å². The number of likely N-dealkylation sites (N-methyl/N-ethyl adjacent to an activating group) is 1. The lowest BCUT2D eigenvalue weighted by molar-refractivity contribution is -0.896. The average Bonchev–Trinajstić information content (AvgIpc) is 2.74. The minimum absolute atomic E-state index is 0. The number of hydrogen-bond acceptors (Lipinski definition) is 7. The van der Waals surface area contributed by atoms with Crippen LogP contribution in [0.1, 0.15) is 24.2 Å². The molecule has 1 rings (SSSR count). The Morgan fingerprint density at radius 3 is 1.67 bits per heavy atom. The number of nitrogens with one attached hydrogen (secondary N) is 1. The summed E-state index contributed by atoms with van der Waals surface area (Å²) in [7, 11) is 0. The van der Waals surface area contributed by atoms with E-state index in [0.29, 0.717) is 57.5 Å². The van der Waals surface area contributed by atoms with Gasteiger partial charge < -0.3 is 46.7 Å². The van der Waals surface area contributed by atoms with Crippen molar-refractivity contribution in [2.24, 2.45) is 0 Å². The first-order chi connectivity index (χ1) is 14.2. The molecule has 0 spiro atoms. The third-order valence-electron chi connectivity index (χ3n) is 4.32. The number of ether oxygens (including phenoxy) is 5. The Kier molecular flexibility index (Phi) is 18.6. The van der Waals surface area contributed by atoms with Crippen LogP contribution in [0.5, 0.6) is 0 Å². The smallest absolute Gasteiger partial charge is 0.338 e. The predicted molar refractivity (Wildman–Crippen MR) is 111 cm³/mol. The normalized spacial score (nSPS) is 10.8. The first-order valence-electron chi connectivity index (χ1n) is 10.3. The van der Waals surface area contributed by atoms with Crippen molar-refractivity contribution in [1.82, 2.24) is 0 Å². The average molecular weight is 449 g/mol. The molecule has 0 aliphatic carbocycles. The number of halogens is 1. The highest BCUT2D eigenvalue weighted by Gasteiger charge is 2.06. The minimum atomic E-state index is -0.389. The van der Waals surface area contributed by atoms with E-state index in [1.54, 1.807) is 29.2 Å². The van der Waals surface area contributed by atoms with Crippen LogP contribution >= 0.6 is 0 Å². The largest absolute Gasteiger partial charge is 1.00 e. The quantitative estimate of drug-likeness (QED) is 0.145. The summed E-state index contributed by atoms with van der Waals surface area (Å²) in [6.45, 7) is 12.1. The minimum Gasteiger partial charge on any atom is -1.00 e. The highest BCUT2D eigenvalue weighted by Crippen LogP contribution is 2.06. The summed E-state index contributed by atoms with van der Waals surface area (Å²) < 4.78 is 26.9. The van der Waals surface area contributed by atoms with Gasteiger partial charge >= 0.3 is 5.97 Å². The summed E-state index contributed by atoms with van der Waals surface area (Å²) in [6, 6.07) is 6.59. The van der Waals surface area contributed by atoms with Crippen molar-refractivity contribution in [2.75, 3.05) is 84.8 Å². The molecule has 1 aromatic carbocycles. The van der Waals surface area contributed by atoms with Crippen molar-refractivity contribution in [2.45, 2.75) is 13.8 Å². The van der Waals surface area contributed by atoms with E-state index in [9.17, 15) is 4.79 Å². The number of carbonyl (C=O) groups is 1. The summed E-state index contributed by atoms with van der Waals surface area (Å²) in [6.07, 6.45) is 0. The summed E-state index contributed by atoms with van der Waals surface area (Å²) in [4.78, 5) is 13.3. The van der Waals surface area contributed by atoms with Gasteiger partial charge in [0, 0.05) is 5.69 Å². The lowest BCUT2D eigenvalue weighted by atomic mass is 10.2. The van der Waals surface area contributed by atoms with Gasteiger partial charge in [-0.25, -0.2) is 4.79 Å². The molecule has 0 radical (unpaired) electrons. The maximum atomic E-state index is 11.8. The van der Waals surface area contributed by atoms with Crippen LogP contribution in [-0.2, 0) is 23.7 Å². The fraction of sp³-hybridized carbons (Fsp3) is 0.667. The third kappa shape index (κ3) is 14.5. The first-order valence-corrected chi connectivity index (χ1v) is 10.3.